The van der Waals surface area contributed by atoms with Crippen molar-refractivity contribution in [1.29, 1.82) is 0 Å². The second kappa shape index (κ2) is 3.66. The van der Waals surface area contributed by atoms with E-state index in [1.807, 2.05) is 0 Å². The van der Waals surface area contributed by atoms with Crippen LogP contribution in [-0.2, 0) is 0 Å². The lowest BCUT2D eigenvalue weighted by Gasteiger charge is -2.27. The second-order valence-electron chi connectivity index (χ2n) is 3.40. The molecule has 1 fully saturated rings. The molecule has 0 aromatic heterocycles. The molecule has 3 heteroatoms. The molecule has 1 nitrogen and oxygen atoms in total. The standard InChI is InChI=1S/C10H11BrFN/c11-7-4-5-9(12)10(6-7)13-8-2-1-3-8/h4-6,8,13H,1-3H2. The first-order valence-corrected chi connectivity index (χ1v) is 5.26. The summed E-state index contributed by atoms with van der Waals surface area (Å²) < 4.78 is 14.1. The number of halogens is 2. The highest BCUT2D eigenvalue weighted by atomic mass is 79.9. The van der Waals surface area contributed by atoms with Gasteiger partial charge in [-0.25, -0.2) is 4.39 Å². The van der Waals surface area contributed by atoms with Crippen LogP contribution in [0.3, 0.4) is 0 Å². The Bertz CT molecular complexity index is 310. The number of benzene rings is 1. The Morgan fingerprint density at radius 2 is 2.15 bits per heavy atom. The lowest BCUT2D eigenvalue weighted by atomic mass is 9.93. The third kappa shape index (κ3) is 2.02. The van der Waals surface area contributed by atoms with Crippen molar-refractivity contribution in [2.24, 2.45) is 0 Å². The van der Waals surface area contributed by atoms with Gasteiger partial charge in [0.2, 0.25) is 0 Å². The van der Waals surface area contributed by atoms with Crippen LogP contribution in [0.2, 0.25) is 0 Å². The average Bonchev–Trinajstić information content (AvgIpc) is 2.03. The van der Waals surface area contributed by atoms with Gasteiger partial charge in [0.05, 0.1) is 5.69 Å². The van der Waals surface area contributed by atoms with Crippen LogP contribution in [0, 0.1) is 5.82 Å². The van der Waals surface area contributed by atoms with Crippen LogP contribution in [0.1, 0.15) is 19.3 Å². The summed E-state index contributed by atoms with van der Waals surface area (Å²) in [6.07, 6.45) is 3.57. The predicted molar refractivity (Wildman–Crippen MR) is 55.4 cm³/mol. The van der Waals surface area contributed by atoms with E-state index in [0.717, 1.165) is 17.3 Å². The minimum absolute atomic E-state index is 0.171. The minimum atomic E-state index is -0.171. The number of rotatable bonds is 2. The summed E-state index contributed by atoms with van der Waals surface area (Å²) in [6, 6.07) is 5.45. The largest absolute Gasteiger partial charge is 0.380 e. The zero-order chi connectivity index (χ0) is 9.26. The van der Waals surface area contributed by atoms with Gasteiger partial charge in [-0.15, -0.1) is 0 Å². The molecule has 1 aromatic rings. The Hall–Kier alpha value is -0.570. The third-order valence-corrected chi connectivity index (χ3v) is 2.89. The van der Waals surface area contributed by atoms with Gasteiger partial charge in [-0.2, -0.15) is 0 Å². The normalized spacial score (nSPS) is 16.8. The lowest BCUT2D eigenvalue weighted by molar-refractivity contribution is 0.443. The lowest BCUT2D eigenvalue weighted by Crippen LogP contribution is -2.27. The molecule has 0 heterocycles. The van der Waals surface area contributed by atoms with Gasteiger partial charge in [0, 0.05) is 10.5 Å². The van der Waals surface area contributed by atoms with Crippen molar-refractivity contribution < 1.29 is 4.39 Å². The quantitative estimate of drug-likeness (QED) is 0.838. The Morgan fingerprint density at radius 1 is 1.38 bits per heavy atom. The van der Waals surface area contributed by atoms with Crippen LogP contribution in [0.5, 0.6) is 0 Å². The molecule has 0 radical (unpaired) electrons. The number of hydrogen-bond donors (Lipinski definition) is 1. The van der Waals surface area contributed by atoms with Gasteiger partial charge in [0.25, 0.3) is 0 Å². The molecule has 1 saturated carbocycles. The van der Waals surface area contributed by atoms with Crippen molar-refractivity contribution in [2.45, 2.75) is 25.3 Å². The summed E-state index contributed by atoms with van der Waals surface area (Å²) in [5, 5.41) is 3.18. The van der Waals surface area contributed by atoms with Crippen molar-refractivity contribution >= 4 is 21.6 Å². The zero-order valence-electron chi connectivity index (χ0n) is 7.19. The predicted octanol–water partition coefficient (Wildman–Crippen LogP) is 3.55. The molecule has 1 aliphatic rings. The maximum Gasteiger partial charge on any atom is 0.146 e. The van der Waals surface area contributed by atoms with Crippen LogP contribution in [0.25, 0.3) is 0 Å². The van der Waals surface area contributed by atoms with Crippen molar-refractivity contribution in [3.8, 4) is 0 Å². The first-order chi connectivity index (χ1) is 6.25. The summed E-state index contributed by atoms with van der Waals surface area (Å²) in [7, 11) is 0. The molecule has 0 atom stereocenters. The molecular weight excluding hydrogens is 233 g/mol. The van der Waals surface area contributed by atoms with Gasteiger partial charge >= 0.3 is 0 Å². The average molecular weight is 244 g/mol. The first kappa shape index (κ1) is 9.00. The first-order valence-electron chi connectivity index (χ1n) is 4.47. The van der Waals surface area contributed by atoms with E-state index in [4.69, 9.17) is 0 Å². The summed E-state index contributed by atoms with van der Waals surface area (Å²) in [6.45, 7) is 0. The smallest absolute Gasteiger partial charge is 0.146 e. The molecule has 0 bridgehead atoms. The monoisotopic (exact) mass is 243 g/mol. The minimum Gasteiger partial charge on any atom is -0.380 e. The fourth-order valence-corrected chi connectivity index (χ4v) is 1.74. The zero-order valence-corrected chi connectivity index (χ0v) is 8.77. The van der Waals surface area contributed by atoms with Crippen molar-refractivity contribution in [1.82, 2.24) is 0 Å². The summed E-state index contributed by atoms with van der Waals surface area (Å²) in [5.74, 6) is -0.171. The molecule has 70 valence electrons. The maximum absolute atomic E-state index is 13.2. The van der Waals surface area contributed by atoms with E-state index < -0.39 is 0 Å². The van der Waals surface area contributed by atoms with E-state index in [1.54, 1.807) is 12.1 Å². The second-order valence-corrected chi connectivity index (χ2v) is 4.31. The van der Waals surface area contributed by atoms with Crippen LogP contribution in [-0.4, -0.2) is 6.04 Å². The Kier molecular flexibility index (Phi) is 2.54. The Morgan fingerprint density at radius 3 is 2.77 bits per heavy atom. The van der Waals surface area contributed by atoms with Gasteiger partial charge in [-0.05, 0) is 37.5 Å². The molecular formula is C10H11BrFN. The summed E-state index contributed by atoms with van der Waals surface area (Å²) in [4.78, 5) is 0. The van der Waals surface area contributed by atoms with E-state index >= 15 is 0 Å². The number of anilines is 1. The van der Waals surface area contributed by atoms with Crippen molar-refractivity contribution in [3.05, 3.63) is 28.5 Å². The molecule has 0 spiro atoms. The molecule has 2 rings (SSSR count). The third-order valence-electron chi connectivity index (χ3n) is 2.39. The summed E-state index contributed by atoms with van der Waals surface area (Å²) >= 11 is 3.32. The van der Waals surface area contributed by atoms with Gasteiger partial charge in [0.1, 0.15) is 5.82 Å². The van der Waals surface area contributed by atoms with Gasteiger partial charge in [-0.3, -0.25) is 0 Å². The Labute approximate surface area is 85.5 Å². The van der Waals surface area contributed by atoms with Crippen LogP contribution >= 0.6 is 15.9 Å². The SMILES string of the molecule is Fc1ccc(Br)cc1NC1CCC1. The van der Waals surface area contributed by atoms with Gasteiger partial charge in [-0.1, -0.05) is 15.9 Å². The fourth-order valence-electron chi connectivity index (χ4n) is 1.38. The van der Waals surface area contributed by atoms with Gasteiger partial charge in [0.15, 0.2) is 0 Å². The van der Waals surface area contributed by atoms with Crippen LogP contribution < -0.4 is 5.32 Å². The van der Waals surface area contributed by atoms with E-state index in [2.05, 4.69) is 21.2 Å². The Balaban J connectivity index is 2.13. The van der Waals surface area contributed by atoms with Crippen molar-refractivity contribution in [3.63, 3.8) is 0 Å². The molecule has 0 amide bonds. The molecule has 0 unspecified atom stereocenters. The van der Waals surface area contributed by atoms with Crippen LogP contribution in [0.15, 0.2) is 22.7 Å². The number of hydrogen-bond acceptors (Lipinski definition) is 1. The topological polar surface area (TPSA) is 12.0 Å². The molecule has 1 N–H and O–H groups in total. The van der Waals surface area contributed by atoms with Gasteiger partial charge < -0.3 is 5.32 Å². The highest BCUT2D eigenvalue weighted by Gasteiger charge is 2.18. The number of nitrogens with one attached hydrogen (secondary N) is 1. The maximum atomic E-state index is 13.2. The van der Waals surface area contributed by atoms with E-state index in [1.165, 1.54) is 12.5 Å². The van der Waals surface area contributed by atoms with E-state index in [-0.39, 0.29) is 5.82 Å². The summed E-state index contributed by atoms with van der Waals surface area (Å²) in [5.41, 5.74) is 0.610. The molecule has 1 aliphatic carbocycles. The van der Waals surface area contributed by atoms with E-state index in [9.17, 15) is 4.39 Å². The van der Waals surface area contributed by atoms with Crippen molar-refractivity contribution in [2.75, 3.05) is 5.32 Å². The van der Waals surface area contributed by atoms with E-state index in [0.29, 0.717) is 11.7 Å². The molecule has 0 aliphatic heterocycles. The highest BCUT2D eigenvalue weighted by Crippen LogP contribution is 2.26. The molecule has 0 saturated heterocycles. The highest BCUT2D eigenvalue weighted by molar-refractivity contribution is 9.10. The van der Waals surface area contributed by atoms with Crippen LogP contribution in [0.4, 0.5) is 10.1 Å². The molecule has 1 aromatic carbocycles. The fraction of sp³-hybridized carbons (Fsp3) is 0.400. The molecule has 13 heavy (non-hydrogen) atoms.